The van der Waals surface area contributed by atoms with Gasteiger partial charge in [0.15, 0.2) is 11.5 Å². The van der Waals surface area contributed by atoms with Crippen molar-refractivity contribution in [1.29, 1.82) is 0 Å². The molecule has 0 saturated carbocycles. The van der Waals surface area contributed by atoms with Gasteiger partial charge >= 0.3 is 0 Å². The van der Waals surface area contributed by atoms with Crippen LogP contribution in [0.3, 0.4) is 0 Å². The maximum absolute atomic E-state index is 12.6. The minimum atomic E-state index is 0.00434. The second-order valence-corrected chi connectivity index (χ2v) is 8.88. The van der Waals surface area contributed by atoms with Crippen LogP contribution in [-0.2, 0) is 29.9 Å². The average Bonchev–Trinajstić information content (AvgIpc) is 3.29. The van der Waals surface area contributed by atoms with E-state index in [1.54, 1.807) is 22.2 Å². The van der Waals surface area contributed by atoms with Gasteiger partial charge in [0, 0.05) is 22.1 Å². The number of amides is 1. The van der Waals surface area contributed by atoms with Crippen LogP contribution in [0.4, 0.5) is 0 Å². The topological polar surface area (TPSA) is 47.6 Å². The Labute approximate surface area is 160 Å². The largest absolute Gasteiger partial charge is 0.454 e. The van der Waals surface area contributed by atoms with Crippen molar-refractivity contribution in [3.63, 3.8) is 0 Å². The maximum Gasteiger partial charge on any atom is 0.258 e. The van der Waals surface area contributed by atoms with Gasteiger partial charge in [0.2, 0.25) is 6.79 Å². The molecule has 6 heteroatoms. The lowest BCUT2D eigenvalue weighted by Crippen LogP contribution is -2.24. The lowest BCUT2D eigenvalue weighted by Gasteiger charge is -2.16. The van der Waals surface area contributed by atoms with Crippen LogP contribution in [0.1, 0.15) is 39.3 Å². The van der Waals surface area contributed by atoms with Crippen LogP contribution in [-0.4, -0.2) is 12.7 Å². The summed E-state index contributed by atoms with van der Waals surface area (Å²) in [7, 11) is 0. The number of hydrogen-bond acceptors (Lipinski definition) is 5. The van der Waals surface area contributed by atoms with Crippen LogP contribution in [0.25, 0.3) is 6.08 Å². The minimum absolute atomic E-state index is 0.00434. The van der Waals surface area contributed by atoms with E-state index >= 15 is 0 Å². The molecule has 4 nitrogen and oxygen atoms in total. The Morgan fingerprint density at radius 1 is 1.12 bits per heavy atom. The van der Waals surface area contributed by atoms with E-state index in [2.05, 4.69) is 11.4 Å². The third-order valence-corrected chi connectivity index (χ3v) is 7.39. The van der Waals surface area contributed by atoms with E-state index in [4.69, 9.17) is 9.47 Å². The first-order chi connectivity index (χ1) is 12.8. The number of thioether (sulfide) groups is 1. The number of nitrogens with one attached hydrogen (secondary N) is 1. The van der Waals surface area contributed by atoms with Crippen molar-refractivity contribution in [1.82, 2.24) is 5.32 Å². The second kappa shape index (κ2) is 6.67. The summed E-state index contributed by atoms with van der Waals surface area (Å²) in [5.41, 5.74) is 4.05. The minimum Gasteiger partial charge on any atom is -0.454 e. The van der Waals surface area contributed by atoms with Gasteiger partial charge in [-0.2, -0.15) is 0 Å². The molecule has 0 fully saturated rings. The van der Waals surface area contributed by atoms with E-state index in [1.807, 2.05) is 29.5 Å². The van der Waals surface area contributed by atoms with Gasteiger partial charge < -0.3 is 14.8 Å². The zero-order valence-corrected chi connectivity index (χ0v) is 15.9. The Kier molecular flexibility index (Phi) is 4.17. The first-order valence-corrected chi connectivity index (χ1v) is 10.7. The fourth-order valence-corrected chi connectivity index (χ4v) is 6.25. The van der Waals surface area contributed by atoms with Crippen molar-refractivity contribution in [3.8, 4) is 11.5 Å². The van der Waals surface area contributed by atoms with E-state index in [0.717, 1.165) is 27.7 Å². The predicted molar refractivity (Wildman–Crippen MR) is 105 cm³/mol. The molecule has 1 amide bonds. The maximum atomic E-state index is 12.6. The molecule has 0 unspecified atom stereocenters. The van der Waals surface area contributed by atoms with Crippen molar-refractivity contribution in [2.75, 3.05) is 6.79 Å². The normalized spacial score (nSPS) is 17.3. The molecule has 2 aromatic rings. The third kappa shape index (κ3) is 2.91. The van der Waals surface area contributed by atoms with E-state index in [9.17, 15) is 4.79 Å². The number of thiophene rings is 1. The number of carbonyl (C=O) groups excluding carboxylic acids is 1. The quantitative estimate of drug-likeness (QED) is 0.858. The van der Waals surface area contributed by atoms with E-state index in [1.165, 1.54) is 36.1 Å². The third-order valence-electron chi connectivity index (χ3n) is 5.06. The van der Waals surface area contributed by atoms with E-state index < -0.39 is 0 Å². The monoisotopic (exact) mass is 385 g/mol. The van der Waals surface area contributed by atoms with Gasteiger partial charge in [-0.25, -0.2) is 0 Å². The zero-order chi connectivity index (χ0) is 17.5. The van der Waals surface area contributed by atoms with E-state index in [0.29, 0.717) is 6.54 Å². The predicted octanol–water partition coefficient (Wildman–Crippen LogP) is 4.26. The van der Waals surface area contributed by atoms with Crippen LogP contribution >= 0.6 is 23.1 Å². The molecule has 0 atom stereocenters. The number of carbonyl (C=O) groups is 1. The summed E-state index contributed by atoms with van der Waals surface area (Å²) in [5, 5.41) is 3.03. The summed E-state index contributed by atoms with van der Waals surface area (Å²) in [6, 6.07) is 5.78. The molecular formula is C20H19NO3S2. The SMILES string of the molecule is O=C(NCc1ccc2c(c1)OCO2)C1=Cc2sc3c(c2CS1)CCCC3. The number of rotatable bonds is 3. The van der Waals surface area contributed by atoms with E-state index in [-0.39, 0.29) is 12.7 Å². The Morgan fingerprint density at radius 2 is 2.00 bits per heavy atom. The van der Waals surface area contributed by atoms with Gasteiger partial charge in [0.1, 0.15) is 0 Å². The smallest absolute Gasteiger partial charge is 0.258 e. The standard InChI is InChI=1S/C20H19NO3S2/c22-20(21-9-12-5-6-15-16(7-12)24-11-23-15)19-8-18-14(10-25-19)13-3-1-2-4-17(13)26-18/h5-8H,1-4,9-11H2,(H,21,22). The van der Waals surface area contributed by atoms with Crippen molar-refractivity contribution < 1.29 is 14.3 Å². The Hall–Kier alpha value is -1.92. The van der Waals surface area contributed by atoms with Crippen molar-refractivity contribution in [3.05, 3.63) is 49.5 Å². The summed E-state index contributed by atoms with van der Waals surface area (Å²) >= 11 is 3.54. The number of fused-ring (bicyclic) bond motifs is 4. The van der Waals surface area contributed by atoms with Gasteiger partial charge in [0.05, 0.1) is 4.91 Å². The molecule has 1 N–H and O–H groups in total. The van der Waals surface area contributed by atoms with Gasteiger partial charge in [-0.05, 0) is 60.6 Å². The molecule has 3 aliphatic rings. The van der Waals surface area contributed by atoms with Crippen molar-refractivity contribution in [2.45, 2.75) is 38.0 Å². The van der Waals surface area contributed by atoms with Gasteiger partial charge in [-0.15, -0.1) is 23.1 Å². The van der Waals surface area contributed by atoms with Crippen LogP contribution in [0, 0.1) is 0 Å². The molecular weight excluding hydrogens is 366 g/mol. The number of hydrogen-bond donors (Lipinski definition) is 1. The molecule has 1 aromatic carbocycles. The van der Waals surface area contributed by atoms with Gasteiger partial charge in [-0.3, -0.25) is 4.79 Å². The highest BCUT2D eigenvalue weighted by molar-refractivity contribution is 8.03. The van der Waals surface area contributed by atoms with Gasteiger partial charge in [0.25, 0.3) is 5.91 Å². The van der Waals surface area contributed by atoms with Crippen LogP contribution < -0.4 is 14.8 Å². The Bertz CT molecular complexity index is 916. The van der Waals surface area contributed by atoms with Gasteiger partial charge in [-0.1, -0.05) is 6.07 Å². The molecule has 0 radical (unpaired) electrons. The molecule has 2 aliphatic heterocycles. The summed E-state index contributed by atoms with van der Waals surface area (Å²) in [5.74, 6) is 2.44. The van der Waals surface area contributed by atoms with Crippen molar-refractivity contribution in [2.24, 2.45) is 0 Å². The lowest BCUT2D eigenvalue weighted by molar-refractivity contribution is -0.116. The lowest BCUT2D eigenvalue weighted by atomic mass is 9.95. The molecule has 0 bridgehead atoms. The second-order valence-electron chi connectivity index (χ2n) is 6.72. The summed E-state index contributed by atoms with van der Waals surface area (Å²) in [6.07, 6.45) is 7.10. The molecule has 134 valence electrons. The molecule has 26 heavy (non-hydrogen) atoms. The summed E-state index contributed by atoms with van der Waals surface area (Å²) < 4.78 is 10.7. The highest BCUT2D eigenvalue weighted by Gasteiger charge is 2.25. The molecule has 3 heterocycles. The molecule has 0 spiro atoms. The fraction of sp³-hybridized carbons (Fsp3) is 0.350. The number of benzene rings is 1. The average molecular weight is 386 g/mol. The molecule has 0 saturated heterocycles. The summed E-state index contributed by atoms with van der Waals surface area (Å²) in [4.78, 5) is 16.3. The Balaban J connectivity index is 1.29. The van der Waals surface area contributed by atoms with Crippen LogP contribution in [0.15, 0.2) is 23.1 Å². The molecule has 1 aliphatic carbocycles. The number of aryl methyl sites for hydroxylation is 1. The highest BCUT2D eigenvalue weighted by Crippen LogP contribution is 2.42. The van der Waals surface area contributed by atoms with Crippen LogP contribution in [0.2, 0.25) is 0 Å². The molecule has 5 rings (SSSR count). The number of ether oxygens (including phenoxy) is 2. The Morgan fingerprint density at radius 3 is 2.96 bits per heavy atom. The molecule has 1 aromatic heterocycles. The first-order valence-electron chi connectivity index (χ1n) is 8.92. The fourth-order valence-electron chi connectivity index (χ4n) is 3.69. The zero-order valence-electron chi connectivity index (χ0n) is 14.3. The summed E-state index contributed by atoms with van der Waals surface area (Å²) in [6.45, 7) is 0.753. The first kappa shape index (κ1) is 16.3. The van der Waals surface area contributed by atoms with Crippen molar-refractivity contribution >= 4 is 35.1 Å². The highest BCUT2D eigenvalue weighted by atomic mass is 32.2. The van der Waals surface area contributed by atoms with Crippen LogP contribution in [0.5, 0.6) is 11.5 Å².